The van der Waals surface area contributed by atoms with Crippen LogP contribution in [0.2, 0.25) is 0 Å². The molecule has 204 valence electrons. The monoisotopic (exact) mass is 534 g/mol. The lowest BCUT2D eigenvalue weighted by Gasteiger charge is -2.12. The number of aliphatic carboxylic acids is 1. The number of nitrogens with two attached hydrogens (primary N) is 1. The predicted molar refractivity (Wildman–Crippen MR) is 159 cm³/mol. The van der Waals surface area contributed by atoms with Gasteiger partial charge in [-0.15, -0.1) is 0 Å². The number of rotatable bonds is 12. The van der Waals surface area contributed by atoms with Gasteiger partial charge in [-0.1, -0.05) is 80.4 Å². The van der Waals surface area contributed by atoms with E-state index in [4.69, 9.17) is 10.5 Å². The SMILES string of the molecule is CCCCCc1cc(OCC(=O)O)c2c3c(C(N)=O)cccc3n(Cc3ccc(Cc4ccccc4)cc3)c2c1. The number of carboxylic acid groups (broad SMARTS) is 1. The maximum atomic E-state index is 12.5. The van der Waals surface area contributed by atoms with Gasteiger partial charge in [-0.25, -0.2) is 4.79 Å². The summed E-state index contributed by atoms with van der Waals surface area (Å²) >= 11 is 0. The van der Waals surface area contributed by atoms with Crippen molar-refractivity contribution in [1.29, 1.82) is 0 Å². The van der Waals surface area contributed by atoms with Crippen LogP contribution in [0, 0.1) is 0 Å². The summed E-state index contributed by atoms with van der Waals surface area (Å²) in [7, 11) is 0. The minimum absolute atomic E-state index is 0.387. The molecular formula is C34H34N2O4. The standard InChI is InChI=1S/C34H34N2O4/c1-2-3-5-11-26-19-29-33(30(20-26)40-22-31(37)38)32-27(34(35)39)12-8-13-28(32)36(29)21-25-16-14-24(15-17-25)18-23-9-6-4-7-10-23/h4,6-10,12-17,19-20H,2-3,5,11,18,21-22H2,1H3,(H2,35,39)(H,37,38). The number of primary amides is 1. The van der Waals surface area contributed by atoms with Crippen LogP contribution < -0.4 is 10.5 Å². The van der Waals surface area contributed by atoms with Gasteiger partial charge in [0.25, 0.3) is 0 Å². The number of hydrogen-bond acceptors (Lipinski definition) is 3. The van der Waals surface area contributed by atoms with Gasteiger partial charge in [-0.2, -0.15) is 0 Å². The van der Waals surface area contributed by atoms with Crippen LogP contribution in [-0.4, -0.2) is 28.2 Å². The molecule has 40 heavy (non-hydrogen) atoms. The summed E-state index contributed by atoms with van der Waals surface area (Å²) in [6, 6.07) is 28.6. The third kappa shape index (κ3) is 5.86. The largest absolute Gasteiger partial charge is 0.481 e. The number of benzene rings is 4. The molecule has 0 atom stereocenters. The Kier molecular flexibility index (Phi) is 8.15. The van der Waals surface area contributed by atoms with Crippen molar-refractivity contribution in [3.8, 4) is 5.75 Å². The number of aryl methyl sites for hydroxylation is 1. The molecule has 5 aromatic rings. The van der Waals surface area contributed by atoms with E-state index in [1.165, 1.54) is 11.1 Å². The number of hydrogen-bond donors (Lipinski definition) is 2. The van der Waals surface area contributed by atoms with Gasteiger partial charge in [0, 0.05) is 17.5 Å². The zero-order valence-electron chi connectivity index (χ0n) is 22.7. The van der Waals surface area contributed by atoms with Crippen LogP contribution in [0.3, 0.4) is 0 Å². The van der Waals surface area contributed by atoms with E-state index in [1.54, 1.807) is 6.07 Å². The van der Waals surface area contributed by atoms with E-state index < -0.39 is 18.5 Å². The summed E-state index contributed by atoms with van der Waals surface area (Å²) in [4.78, 5) is 23.9. The molecule has 0 aliphatic carbocycles. The Morgan fingerprint density at radius 2 is 1.52 bits per heavy atom. The van der Waals surface area contributed by atoms with Crippen LogP contribution in [0.4, 0.5) is 0 Å². The van der Waals surface area contributed by atoms with E-state index in [2.05, 4.69) is 66.1 Å². The molecule has 5 rings (SSSR count). The number of carbonyl (C=O) groups excluding carboxylic acids is 1. The second-order valence-electron chi connectivity index (χ2n) is 10.3. The highest BCUT2D eigenvalue weighted by molar-refractivity contribution is 6.20. The zero-order valence-corrected chi connectivity index (χ0v) is 22.7. The van der Waals surface area contributed by atoms with Crippen molar-refractivity contribution in [2.45, 2.75) is 45.6 Å². The number of aromatic nitrogens is 1. The molecule has 0 bridgehead atoms. The molecular weight excluding hydrogens is 500 g/mol. The Labute approximate surface area is 234 Å². The topological polar surface area (TPSA) is 94.6 Å². The van der Waals surface area contributed by atoms with Crippen LogP contribution in [0.15, 0.2) is 84.9 Å². The van der Waals surface area contributed by atoms with E-state index in [9.17, 15) is 14.7 Å². The van der Waals surface area contributed by atoms with Crippen LogP contribution in [0.5, 0.6) is 5.75 Å². The molecule has 0 radical (unpaired) electrons. The van der Waals surface area contributed by atoms with Gasteiger partial charge < -0.3 is 20.1 Å². The summed E-state index contributed by atoms with van der Waals surface area (Å²) in [5.74, 6) is -1.13. The van der Waals surface area contributed by atoms with Gasteiger partial charge in [0.05, 0.1) is 16.4 Å². The molecule has 0 aliphatic heterocycles. The van der Waals surface area contributed by atoms with Gasteiger partial charge in [-0.3, -0.25) is 4.79 Å². The first kappa shape index (κ1) is 27.0. The van der Waals surface area contributed by atoms with Crippen molar-refractivity contribution in [2.24, 2.45) is 5.73 Å². The smallest absolute Gasteiger partial charge is 0.341 e. The summed E-state index contributed by atoms with van der Waals surface area (Å²) in [6.07, 6.45) is 4.95. The first-order chi connectivity index (χ1) is 19.4. The van der Waals surface area contributed by atoms with E-state index in [0.717, 1.165) is 54.3 Å². The molecule has 1 amide bonds. The first-order valence-corrected chi connectivity index (χ1v) is 13.8. The third-order valence-corrected chi connectivity index (χ3v) is 7.32. The molecule has 0 unspecified atom stereocenters. The molecule has 0 aliphatic rings. The Bertz CT molecular complexity index is 1650. The number of amides is 1. The quantitative estimate of drug-likeness (QED) is 0.174. The van der Waals surface area contributed by atoms with Gasteiger partial charge in [0.2, 0.25) is 5.91 Å². The number of carboxylic acids is 1. The summed E-state index contributed by atoms with van der Waals surface area (Å²) in [5, 5.41) is 10.8. The second-order valence-corrected chi connectivity index (χ2v) is 10.3. The molecule has 0 spiro atoms. The minimum atomic E-state index is -1.06. The van der Waals surface area contributed by atoms with Crippen molar-refractivity contribution in [1.82, 2.24) is 4.57 Å². The summed E-state index contributed by atoms with van der Waals surface area (Å²) in [6.45, 7) is 2.27. The van der Waals surface area contributed by atoms with Crippen LogP contribution in [0.1, 0.15) is 58.8 Å². The van der Waals surface area contributed by atoms with Gasteiger partial charge >= 0.3 is 5.97 Å². The van der Waals surface area contributed by atoms with E-state index in [-0.39, 0.29) is 0 Å². The van der Waals surface area contributed by atoms with Gasteiger partial charge in [-0.05, 0) is 65.8 Å². The number of nitrogens with zero attached hydrogens (tertiary/aromatic N) is 1. The summed E-state index contributed by atoms with van der Waals surface area (Å²) < 4.78 is 8.02. The summed E-state index contributed by atoms with van der Waals surface area (Å²) in [5.41, 5.74) is 12.6. The van der Waals surface area contributed by atoms with Crippen molar-refractivity contribution in [3.05, 3.63) is 113 Å². The predicted octanol–water partition coefficient (Wildman–Crippen LogP) is 6.73. The average molecular weight is 535 g/mol. The average Bonchev–Trinajstić information content (AvgIpc) is 3.26. The normalized spacial score (nSPS) is 11.2. The fourth-order valence-electron chi connectivity index (χ4n) is 5.41. The third-order valence-electron chi connectivity index (χ3n) is 7.32. The highest BCUT2D eigenvalue weighted by Gasteiger charge is 2.21. The number of fused-ring (bicyclic) bond motifs is 3. The fourth-order valence-corrected chi connectivity index (χ4v) is 5.41. The lowest BCUT2D eigenvalue weighted by molar-refractivity contribution is -0.139. The number of ether oxygens (including phenoxy) is 1. The van der Waals surface area contributed by atoms with Crippen LogP contribution in [0.25, 0.3) is 21.8 Å². The Morgan fingerprint density at radius 1 is 0.800 bits per heavy atom. The van der Waals surface area contributed by atoms with E-state index in [0.29, 0.717) is 28.6 Å². The highest BCUT2D eigenvalue weighted by Crippen LogP contribution is 2.39. The molecule has 3 N–H and O–H groups in total. The van der Waals surface area contributed by atoms with Crippen LogP contribution >= 0.6 is 0 Å². The van der Waals surface area contributed by atoms with E-state index >= 15 is 0 Å². The minimum Gasteiger partial charge on any atom is -0.481 e. The first-order valence-electron chi connectivity index (χ1n) is 13.8. The maximum absolute atomic E-state index is 12.5. The highest BCUT2D eigenvalue weighted by atomic mass is 16.5. The molecule has 0 saturated carbocycles. The Morgan fingerprint density at radius 3 is 2.23 bits per heavy atom. The van der Waals surface area contributed by atoms with Crippen LogP contribution in [-0.2, 0) is 24.2 Å². The molecule has 6 nitrogen and oxygen atoms in total. The lowest BCUT2D eigenvalue weighted by atomic mass is 10.0. The maximum Gasteiger partial charge on any atom is 0.341 e. The van der Waals surface area contributed by atoms with Gasteiger partial charge in [0.15, 0.2) is 6.61 Å². The van der Waals surface area contributed by atoms with Crippen molar-refractivity contribution in [2.75, 3.05) is 6.61 Å². The molecule has 1 aromatic heterocycles. The molecule has 1 heterocycles. The number of unbranched alkanes of at least 4 members (excludes halogenated alkanes) is 2. The molecule has 6 heteroatoms. The van der Waals surface area contributed by atoms with E-state index in [1.807, 2.05) is 24.3 Å². The molecule has 0 fully saturated rings. The molecule has 4 aromatic carbocycles. The Hall–Kier alpha value is -4.58. The van der Waals surface area contributed by atoms with Crippen molar-refractivity contribution >= 4 is 33.7 Å². The lowest BCUT2D eigenvalue weighted by Crippen LogP contribution is -2.12. The fraction of sp³-hybridized carbons (Fsp3) is 0.235. The molecule has 0 saturated heterocycles. The van der Waals surface area contributed by atoms with Gasteiger partial charge in [0.1, 0.15) is 5.75 Å². The Balaban J connectivity index is 1.62. The van der Waals surface area contributed by atoms with Crippen molar-refractivity contribution < 1.29 is 19.4 Å². The van der Waals surface area contributed by atoms with Crippen molar-refractivity contribution in [3.63, 3.8) is 0 Å². The zero-order chi connectivity index (χ0) is 28.1. The number of carbonyl (C=O) groups is 2. The second kappa shape index (κ2) is 12.1.